The van der Waals surface area contributed by atoms with E-state index in [1.165, 1.54) is 6.08 Å². The van der Waals surface area contributed by atoms with Crippen LogP contribution in [0.2, 0.25) is 0 Å². The minimum absolute atomic E-state index is 0.0238. The van der Waals surface area contributed by atoms with Crippen LogP contribution in [0, 0.1) is 0 Å². The molecule has 0 aliphatic heterocycles. The number of carbonyl (C=O) groups is 2. The van der Waals surface area contributed by atoms with Crippen molar-refractivity contribution in [2.75, 3.05) is 6.61 Å². The van der Waals surface area contributed by atoms with Gasteiger partial charge in [0.15, 0.2) is 0 Å². The van der Waals surface area contributed by atoms with E-state index in [0.717, 1.165) is 12.2 Å². The Morgan fingerprint density at radius 2 is 1.71 bits per heavy atom. The lowest BCUT2D eigenvalue weighted by Gasteiger charge is -2.05. The summed E-state index contributed by atoms with van der Waals surface area (Å²) in [5, 5.41) is 0. The van der Waals surface area contributed by atoms with Crippen LogP contribution in [-0.2, 0) is 14.3 Å². The van der Waals surface area contributed by atoms with E-state index in [0.29, 0.717) is 16.9 Å². The highest BCUT2D eigenvalue weighted by atomic mass is 19.1. The standard InChI is InChI=1S/C19H17FO4/c1-4-18(21)23-12-6-7-16(13-14(3)20)15-8-10-17(11-9-15)24-19(22)5-2/h4-11,13H,1-3,12H2/b7-6-,16-13+. The van der Waals surface area contributed by atoms with Gasteiger partial charge in [-0.1, -0.05) is 37.9 Å². The second-order valence-electron chi connectivity index (χ2n) is 4.43. The van der Waals surface area contributed by atoms with Gasteiger partial charge in [-0.05, 0) is 35.4 Å². The van der Waals surface area contributed by atoms with Gasteiger partial charge in [0.05, 0.1) is 0 Å². The van der Waals surface area contributed by atoms with Crippen LogP contribution in [0.25, 0.3) is 5.57 Å². The van der Waals surface area contributed by atoms with E-state index in [1.54, 1.807) is 36.4 Å². The van der Waals surface area contributed by atoms with E-state index in [4.69, 9.17) is 9.47 Å². The van der Waals surface area contributed by atoms with E-state index in [2.05, 4.69) is 19.7 Å². The van der Waals surface area contributed by atoms with Gasteiger partial charge in [-0.3, -0.25) is 0 Å². The molecule has 4 nitrogen and oxygen atoms in total. The summed E-state index contributed by atoms with van der Waals surface area (Å²) < 4.78 is 22.9. The quantitative estimate of drug-likeness (QED) is 0.314. The fourth-order valence-corrected chi connectivity index (χ4v) is 1.63. The first-order chi connectivity index (χ1) is 11.5. The lowest BCUT2D eigenvalue weighted by atomic mass is 10.0. The van der Waals surface area contributed by atoms with Gasteiger partial charge in [0.25, 0.3) is 0 Å². The third kappa shape index (κ3) is 6.70. The fraction of sp³-hybridized carbons (Fsp3) is 0.0526. The number of ether oxygens (including phenoxy) is 2. The SMILES string of the molecule is C=CC(=O)OC/C=C\C(=C/C(=C)F)c1ccc(OC(=O)C=C)cc1. The highest BCUT2D eigenvalue weighted by Crippen LogP contribution is 2.21. The molecule has 5 heteroatoms. The number of allylic oxidation sites excluding steroid dienone is 4. The van der Waals surface area contributed by atoms with Crippen molar-refractivity contribution < 1.29 is 23.5 Å². The third-order valence-corrected chi connectivity index (χ3v) is 2.67. The number of halogens is 1. The van der Waals surface area contributed by atoms with Crippen LogP contribution in [0.15, 0.2) is 80.2 Å². The summed E-state index contributed by atoms with van der Waals surface area (Å²) in [5.41, 5.74) is 1.18. The summed E-state index contributed by atoms with van der Waals surface area (Å²) in [4.78, 5) is 22.1. The molecule has 124 valence electrons. The molecule has 1 aromatic carbocycles. The van der Waals surface area contributed by atoms with Gasteiger partial charge < -0.3 is 9.47 Å². The molecule has 0 heterocycles. The van der Waals surface area contributed by atoms with Crippen molar-refractivity contribution in [2.24, 2.45) is 0 Å². The van der Waals surface area contributed by atoms with Crippen LogP contribution in [0.5, 0.6) is 5.75 Å². The normalized spacial score (nSPS) is 11.0. The largest absolute Gasteiger partial charge is 0.458 e. The molecule has 0 unspecified atom stereocenters. The zero-order valence-corrected chi connectivity index (χ0v) is 13.0. The highest BCUT2D eigenvalue weighted by molar-refractivity contribution is 5.83. The van der Waals surface area contributed by atoms with Crippen LogP contribution >= 0.6 is 0 Å². The molecule has 0 aliphatic rings. The Morgan fingerprint density at radius 1 is 1.08 bits per heavy atom. The topological polar surface area (TPSA) is 52.6 Å². The Kier molecular flexibility index (Phi) is 7.64. The monoisotopic (exact) mass is 328 g/mol. The summed E-state index contributed by atoms with van der Waals surface area (Å²) >= 11 is 0. The van der Waals surface area contributed by atoms with Gasteiger partial charge in [0.1, 0.15) is 18.2 Å². The maximum absolute atomic E-state index is 13.1. The lowest BCUT2D eigenvalue weighted by molar-refractivity contribution is -0.136. The van der Waals surface area contributed by atoms with Crippen molar-refractivity contribution in [3.63, 3.8) is 0 Å². The Hall–Kier alpha value is -3.21. The zero-order chi connectivity index (χ0) is 17.9. The first-order valence-corrected chi connectivity index (χ1v) is 6.92. The minimum Gasteiger partial charge on any atom is -0.458 e. The van der Waals surface area contributed by atoms with Gasteiger partial charge in [0.2, 0.25) is 0 Å². The molecule has 0 aromatic heterocycles. The van der Waals surface area contributed by atoms with Gasteiger partial charge in [0, 0.05) is 12.2 Å². The summed E-state index contributed by atoms with van der Waals surface area (Å²) in [7, 11) is 0. The van der Waals surface area contributed by atoms with Crippen molar-refractivity contribution in [3.8, 4) is 5.75 Å². The first kappa shape index (κ1) is 18.8. The predicted octanol–water partition coefficient (Wildman–Crippen LogP) is 3.93. The Labute approximate surface area is 139 Å². The van der Waals surface area contributed by atoms with Gasteiger partial charge in [-0.15, -0.1) is 0 Å². The zero-order valence-electron chi connectivity index (χ0n) is 13.0. The molecule has 0 spiro atoms. The molecule has 24 heavy (non-hydrogen) atoms. The van der Waals surface area contributed by atoms with E-state index in [9.17, 15) is 14.0 Å². The molecule has 0 aliphatic carbocycles. The smallest absolute Gasteiger partial charge is 0.335 e. The van der Waals surface area contributed by atoms with Crippen molar-refractivity contribution in [1.29, 1.82) is 0 Å². The third-order valence-electron chi connectivity index (χ3n) is 2.67. The first-order valence-electron chi connectivity index (χ1n) is 6.92. The number of hydrogen-bond acceptors (Lipinski definition) is 4. The molecule has 0 saturated heterocycles. The van der Waals surface area contributed by atoms with Crippen LogP contribution < -0.4 is 4.74 Å². The van der Waals surface area contributed by atoms with Crippen molar-refractivity contribution in [3.05, 3.63) is 85.8 Å². The van der Waals surface area contributed by atoms with Crippen LogP contribution in [-0.4, -0.2) is 18.5 Å². The van der Waals surface area contributed by atoms with Crippen molar-refractivity contribution in [1.82, 2.24) is 0 Å². The summed E-state index contributed by atoms with van der Waals surface area (Å²) in [6.07, 6.45) is 6.49. The molecule has 0 fully saturated rings. The molecule has 1 aromatic rings. The molecule has 0 bridgehead atoms. The maximum Gasteiger partial charge on any atom is 0.335 e. The van der Waals surface area contributed by atoms with Crippen LogP contribution in [0.4, 0.5) is 4.39 Å². The number of carbonyl (C=O) groups excluding carboxylic acids is 2. The number of esters is 2. The molecule has 0 atom stereocenters. The Bertz CT molecular complexity index is 697. The van der Waals surface area contributed by atoms with Crippen molar-refractivity contribution >= 4 is 17.5 Å². The van der Waals surface area contributed by atoms with Crippen molar-refractivity contribution in [2.45, 2.75) is 0 Å². The van der Waals surface area contributed by atoms with E-state index >= 15 is 0 Å². The molecule has 0 saturated carbocycles. The summed E-state index contributed by atoms with van der Waals surface area (Å²) in [6, 6.07) is 6.44. The second-order valence-corrected chi connectivity index (χ2v) is 4.43. The van der Waals surface area contributed by atoms with Crippen LogP contribution in [0.1, 0.15) is 5.56 Å². The predicted molar refractivity (Wildman–Crippen MR) is 90.8 cm³/mol. The van der Waals surface area contributed by atoms with E-state index in [-0.39, 0.29) is 6.61 Å². The number of hydrogen-bond donors (Lipinski definition) is 0. The molecular weight excluding hydrogens is 311 g/mol. The van der Waals surface area contributed by atoms with E-state index in [1.807, 2.05) is 0 Å². The molecule has 0 N–H and O–H groups in total. The van der Waals surface area contributed by atoms with E-state index < -0.39 is 17.8 Å². The average Bonchev–Trinajstić information content (AvgIpc) is 2.57. The second kappa shape index (κ2) is 9.74. The fourth-order valence-electron chi connectivity index (χ4n) is 1.63. The molecule has 0 radical (unpaired) electrons. The molecular formula is C19H17FO4. The summed E-state index contributed by atoms with van der Waals surface area (Å²) in [5.74, 6) is -1.40. The van der Waals surface area contributed by atoms with Crippen LogP contribution in [0.3, 0.4) is 0 Å². The van der Waals surface area contributed by atoms with Gasteiger partial charge in [-0.2, -0.15) is 0 Å². The lowest BCUT2D eigenvalue weighted by Crippen LogP contribution is -2.02. The maximum atomic E-state index is 13.1. The summed E-state index contributed by atoms with van der Waals surface area (Å²) in [6.45, 7) is 9.82. The molecule has 1 rings (SSSR count). The van der Waals surface area contributed by atoms with Gasteiger partial charge >= 0.3 is 11.9 Å². The Balaban J connectivity index is 2.88. The van der Waals surface area contributed by atoms with Gasteiger partial charge in [-0.25, -0.2) is 14.0 Å². The Morgan fingerprint density at radius 3 is 2.25 bits per heavy atom. The highest BCUT2D eigenvalue weighted by Gasteiger charge is 2.03. The number of benzene rings is 1. The average molecular weight is 328 g/mol. The number of rotatable bonds is 8. The molecule has 0 amide bonds. The minimum atomic E-state index is -0.625.